The van der Waals surface area contributed by atoms with Gasteiger partial charge in [0, 0.05) is 36.6 Å². The molecule has 2 aromatic rings. The van der Waals surface area contributed by atoms with Crippen molar-refractivity contribution < 1.29 is 36.8 Å². The summed E-state index contributed by atoms with van der Waals surface area (Å²) in [7, 11) is 0. The Bertz CT molecular complexity index is 1070. The average Bonchev–Trinajstić information content (AvgIpc) is 2.79. The van der Waals surface area contributed by atoms with Crippen molar-refractivity contribution in [1.82, 2.24) is 10.4 Å². The van der Waals surface area contributed by atoms with Crippen LogP contribution in [0.2, 0.25) is 0 Å². The number of rotatable bonds is 4. The number of hydroxylamine groups is 1. The summed E-state index contributed by atoms with van der Waals surface area (Å²) in [5.41, 5.74) is 2.13. The molecule has 3 N–H and O–H groups in total. The van der Waals surface area contributed by atoms with E-state index >= 15 is 0 Å². The minimum absolute atomic E-state index is 0.0140. The molecule has 8 nitrogen and oxygen atoms in total. The predicted molar refractivity (Wildman–Crippen MR) is 109 cm³/mol. The third kappa shape index (κ3) is 6.69. The Morgan fingerprint density at radius 1 is 0.970 bits per heavy atom. The number of anilines is 2. The lowest BCUT2D eigenvalue weighted by Gasteiger charge is -2.26. The number of benzene rings is 2. The van der Waals surface area contributed by atoms with Crippen molar-refractivity contribution in [3.63, 3.8) is 0 Å². The fourth-order valence-electron chi connectivity index (χ4n) is 2.84. The minimum Gasteiger partial charge on any atom is -0.330 e. The first kappa shape index (κ1) is 23.6. The maximum atomic E-state index is 12.9. The van der Waals surface area contributed by atoms with Crippen LogP contribution in [0.15, 0.2) is 60.3 Å². The van der Waals surface area contributed by atoms with Crippen LogP contribution in [0.3, 0.4) is 0 Å². The summed E-state index contributed by atoms with van der Waals surface area (Å²) in [5.74, 6) is -2.45. The number of nitrogens with one attached hydrogen (secondary N) is 3. The molecule has 33 heavy (non-hydrogen) atoms. The van der Waals surface area contributed by atoms with E-state index in [4.69, 9.17) is 4.84 Å². The zero-order valence-corrected chi connectivity index (χ0v) is 16.9. The molecule has 0 aliphatic carbocycles. The van der Waals surface area contributed by atoms with Gasteiger partial charge in [-0.1, -0.05) is 6.07 Å². The summed E-state index contributed by atoms with van der Waals surface area (Å²) in [5, 5.41) is 4.54. The van der Waals surface area contributed by atoms with E-state index in [1.54, 1.807) is 0 Å². The Balaban J connectivity index is 1.47. The van der Waals surface area contributed by atoms with Gasteiger partial charge in [-0.15, -0.1) is 0 Å². The van der Waals surface area contributed by atoms with Crippen molar-refractivity contribution in [2.45, 2.75) is 12.6 Å². The van der Waals surface area contributed by atoms with Gasteiger partial charge in [0.15, 0.2) is 0 Å². The normalized spacial score (nSPS) is 13.6. The van der Waals surface area contributed by atoms with Crippen LogP contribution >= 0.6 is 0 Å². The summed E-state index contributed by atoms with van der Waals surface area (Å²) >= 11 is 0. The molecule has 0 fully saturated rings. The second-order valence-electron chi connectivity index (χ2n) is 6.89. The Morgan fingerprint density at radius 2 is 1.70 bits per heavy atom. The Kier molecular flexibility index (Phi) is 7.16. The van der Waals surface area contributed by atoms with E-state index in [0.29, 0.717) is 11.4 Å². The predicted octanol–water partition coefficient (Wildman–Crippen LogP) is 3.65. The Hall–Kier alpha value is -4.09. The van der Waals surface area contributed by atoms with Crippen molar-refractivity contribution in [3.8, 4) is 0 Å². The number of hydrogen-bond donors (Lipinski definition) is 3. The summed E-state index contributed by atoms with van der Waals surface area (Å²) in [6.45, 7) is 0.122. The zero-order chi connectivity index (χ0) is 24.0. The van der Waals surface area contributed by atoms with Gasteiger partial charge in [-0.25, -0.2) is 14.7 Å². The minimum atomic E-state index is -4.58. The van der Waals surface area contributed by atoms with Crippen LogP contribution in [0.5, 0.6) is 0 Å². The van der Waals surface area contributed by atoms with Crippen molar-refractivity contribution in [2.24, 2.45) is 0 Å². The van der Waals surface area contributed by atoms with E-state index in [-0.39, 0.29) is 25.2 Å². The number of hydrogen-bond acceptors (Lipinski definition) is 5. The second kappa shape index (κ2) is 10.0. The molecule has 0 radical (unpaired) electrons. The van der Waals surface area contributed by atoms with Crippen LogP contribution in [-0.2, 0) is 20.6 Å². The maximum Gasteiger partial charge on any atom is 0.435 e. The standard InChI is InChI=1S/C21H18F4N4O4/c22-14-4-6-15(7-5-14)27-20(32)33-28-16-8-10-29(11-9-16)19(31)18(30)26-17-3-1-2-13(12-17)21(23,24)25/h1-8,12,28H,9-11H2,(H,26,30)(H,27,32). The first-order chi connectivity index (χ1) is 15.6. The van der Waals surface area contributed by atoms with Gasteiger partial charge < -0.3 is 15.1 Å². The van der Waals surface area contributed by atoms with Crippen LogP contribution in [0.25, 0.3) is 0 Å². The van der Waals surface area contributed by atoms with Gasteiger partial charge in [0.2, 0.25) is 0 Å². The summed E-state index contributed by atoms with van der Waals surface area (Å²) in [6, 6.07) is 8.99. The number of carbonyl (C=O) groups is 3. The second-order valence-corrected chi connectivity index (χ2v) is 6.89. The molecule has 12 heteroatoms. The van der Waals surface area contributed by atoms with Gasteiger partial charge in [0.05, 0.1) is 5.56 Å². The van der Waals surface area contributed by atoms with E-state index in [1.165, 1.54) is 41.3 Å². The topological polar surface area (TPSA) is 99.8 Å². The van der Waals surface area contributed by atoms with Crippen LogP contribution < -0.4 is 16.1 Å². The van der Waals surface area contributed by atoms with Gasteiger partial charge in [-0.05, 0) is 48.5 Å². The van der Waals surface area contributed by atoms with Gasteiger partial charge in [-0.2, -0.15) is 13.2 Å². The summed E-state index contributed by atoms with van der Waals surface area (Å²) < 4.78 is 51.2. The number of alkyl halides is 3. The van der Waals surface area contributed by atoms with Crippen molar-refractivity contribution in [2.75, 3.05) is 23.7 Å². The van der Waals surface area contributed by atoms with Crippen molar-refractivity contribution in [3.05, 3.63) is 71.7 Å². The van der Waals surface area contributed by atoms with Crippen molar-refractivity contribution in [1.29, 1.82) is 0 Å². The smallest absolute Gasteiger partial charge is 0.330 e. The summed E-state index contributed by atoms with van der Waals surface area (Å²) in [6.07, 6.45) is -3.68. The van der Waals surface area contributed by atoms with Crippen LogP contribution in [-0.4, -0.2) is 35.9 Å². The lowest BCUT2D eigenvalue weighted by atomic mass is 10.2. The summed E-state index contributed by atoms with van der Waals surface area (Å²) in [4.78, 5) is 42.2. The van der Waals surface area contributed by atoms with E-state index in [9.17, 15) is 31.9 Å². The van der Waals surface area contributed by atoms with E-state index in [1.807, 2.05) is 0 Å². The van der Waals surface area contributed by atoms with Crippen molar-refractivity contribution >= 4 is 29.3 Å². The van der Waals surface area contributed by atoms with Crippen LogP contribution in [0.1, 0.15) is 12.0 Å². The molecule has 3 rings (SSSR count). The first-order valence-electron chi connectivity index (χ1n) is 9.58. The fraction of sp³-hybridized carbons (Fsp3) is 0.190. The number of amides is 3. The molecule has 2 aromatic carbocycles. The molecule has 1 aliphatic rings. The Labute approximate surface area is 185 Å². The zero-order valence-electron chi connectivity index (χ0n) is 16.9. The highest BCUT2D eigenvalue weighted by molar-refractivity contribution is 6.39. The lowest BCUT2D eigenvalue weighted by Crippen LogP contribution is -2.43. The van der Waals surface area contributed by atoms with Crippen LogP contribution in [0.4, 0.5) is 33.7 Å². The molecular weight excluding hydrogens is 448 g/mol. The third-order valence-corrected chi connectivity index (χ3v) is 4.50. The molecule has 0 saturated heterocycles. The molecule has 0 saturated carbocycles. The number of carbonyl (C=O) groups excluding carboxylic acids is 3. The molecule has 0 aromatic heterocycles. The van der Waals surface area contributed by atoms with Gasteiger partial charge >= 0.3 is 24.1 Å². The first-order valence-corrected chi connectivity index (χ1v) is 9.58. The largest absolute Gasteiger partial charge is 0.435 e. The highest BCUT2D eigenvalue weighted by atomic mass is 19.4. The quantitative estimate of drug-likeness (QED) is 0.363. The highest BCUT2D eigenvalue weighted by Crippen LogP contribution is 2.30. The maximum absolute atomic E-state index is 12.9. The number of nitrogens with zero attached hydrogens (tertiary/aromatic N) is 1. The molecule has 0 unspecified atom stereocenters. The molecule has 0 bridgehead atoms. The number of halogens is 4. The molecule has 1 aliphatic heterocycles. The van der Waals surface area contributed by atoms with Gasteiger partial charge in [-0.3, -0.25) is 14.9 Å². The Morgan fingerprint density at radius 3 is 2.33 bits per heavy atom. The lowest BCUT2D eigenvalue weighted by molar-refractivity contribution is -0.143. The average molecular weight is 466 g/mol. The third-order valence-electron chi connectivity index (χ3n) is 4.50. The van der Waals surface area contributed by atoms with E-state index in [2.05, 4.69) is 16.1 Å². The molecule has 174 valence electrons. The SMILES string of the molecule is O=C(Nc1ccc(F)cc1)ONC1=CCN(C(=O)C(=O)Nc2cccc(C(F)(F)F)c2)CC1. The molecule has 1 heterocycles. The van der Waals surface area contributed by atoms with Gasteiger partial charge in [0.1, 0.15) is 5.82 Å². The molecule has 0 atom stereocenters. The molecule has 0 spiro atoms. The van der Waals surface area contributed by atoms with Gasteiger partial charge in [0.25, 0.3) is 0 Å². The van der Waals surface area contributed by atoms with E-state index in [0.717, 1.165) is 18.2 Å². The van der Waals surface area contributed by atoms with E-state index < -0.39 is 35.5 Å². The fourth-order valence-corrected chi connectivity index (χ4v) is 2.84. The van der Waals surface area contributed by atoms with Crippen LogP contribution in [0, 0.1) is 5.82 Å². The highest BCUT2D eigenvalue weighted by Gasteiger charge is 2.31. The molecule has 3 amide bonds. The monoisotopic (exact) mass is 466 g/mol. The molecular formula is C21H18F4N4O4.